The number of ether oxygens (including phenoxy) is 4. The van der Waals surface area contributed by atoms with Gasteiger partial charge in [0.1, 0.15) is 19.3 Å². The van der Waals surface area contributed by atoms with E-state index in [9.17, 15) is 43.2 Å². The van der Waals surface area contributed by atoms with Crippen molar-refractivity contribution in [2.24, 2.45) is 11.8 Å². The number of unbranched alkanes of at least 4 members (excludes halogenated alkanes) is 38. The van der Waals surface area contributed by atoms with Crippen LogP contribution in [0.1, 0.15) is 350 Å². The van der Waals surface area contributed by atoms with Crippen LogP contribution >= 0.6 is 15.6 Å². The van der Waals surface area contributed by atoms with E-state index in [1.807, 2.05) is 0 Å². The van der Waals surface area contributed by atoms with Gasteiger partial charge >= 0.3 is 39.5 Å². The molecule has 3 N–H and O–H groups in total. The number of rotatable bonds is 68. The summed E-state index contributed by atoms with van der Waals surface area (Å²) in [6.07, 6.45) is 45.7. The van der Waals surface area contributed by atoms with E-state index in [-0.39, 0.29) is 25.7 Å². The number of phosphoric ester groups is 2. The lowest BCUT2D eigenvalue weighted by atomic mass is 10.0. The molecule has 0 aromatic carbocycles. The van der Waals surface area contributed by atoms with Gasteiger partial charge in [0.2, 0.25) is 0 Å². The smallest absolute Gasteiger partial charge is 0.462 e. The molecule has 19 heteroatoms. The van der Waals surface area contributed by atoms with Gasteiger partial charge < -0.3 is 33.8 Å². The molecule has 0 spiro atoms. The largest absolute Gasteiger partial charge is 0.472 e. The van der Waals surface area contributed by atoms with Gasteiger partial charge in [-0.15, -0.1) is 0 Å². The third kappa shape index (κ3) is 62.8. The number of esters is 4. The Labute approximate surface area is 537 Å². The van der Waals surface area contributed by atoms with Gasteiger partial charge in [0.25, 0.3) is 0 Å². The summed E-state index contributed by atoms with van der Waals surface area (Å²) in [5.41, 5.74) is 0. The van der Waals surface area contributed by atoms with E-state index in [0.717, 1.165) is 102 Å². The number of hydrogen-bond donors (Lipinski definition) is 3. The molecule has 0 aromatic rings. The summed E-state index contributed by atoms with van der Waals surface area (Å²) in [6.45, 7) is 9.51. The predicted molar refractivity (Wildman–Crippen MR) is 354 cm³/mol. The highest BCUT2D eigenvalue weighted by Gasteiger charge is 2.30. The molecule has 0 saturated heterocycles. The van der Waals surface area contributed by atoms with Crippen LogP contribution in [-0.2, 0) is 65.4 Å². The Morgan fingerprint density at radius 3 is 0.773 bits per heavy atom. The van der Waals surface area contributed by atoms with Gasteiger partial charge in [-0.05, 0) is 37.5 Å². The number of aliphatic hydroxyl groups excluding tert-OH is 1. The monoisotopic (exact) mass is 1300 g/mol. The lowest BCUT2D eigenvalue weighted by molar-refractivity contribution is -0.161. The molecule has 17 nitrogen and oxygen atoms in total. The Kier molecular flexibility index (Phi) is 59.9. The summed E-state index contributed by atoms with van der Waals surface area (Å²) in [4.78, 5) is 72.4. The Morgan fingerprint density at radius 2 is 0.523 bits per heavy atom. The zero-order valence-electron chi connectivity index (χ0n) is 57.0. The third-order valence-corrected chi connectivity index (χ3v) is 17.9. The second-order valence-electron chi connectivity index (χ2n) is 25.9. The molecule has 0 aliphatic heterocycles. The van der Waals surface area contributed by atoms with E-state index in [0.29, 0.717) is 25.7 Å². The first-order chi connectivity index (χ1) is 42.4. The van der Waals surface area contributed by atoms with Gasteiger partial charge in [0.15, 0.2) is 12.2 Å². The molecular weight excluding hydrogens is 1160 g/mol. The van der Waals surface area contributed by atoms with Crippen molar-refractivity contribution in [3.8, 4) is 0 Å². The Balaban J connectivity index is 5.23. The van der Waals surface area contributed by atoms with Gasteiger partial charge in [0, 0.05) is 25.7 Å². The molecule has 0 fully saturated rings. The second kappa shape index (κ2) is 61.3. The Morgan fingerprint density at radius 1 is 0.307 bits per heavy atom. The number of carbonyl (C=O) groups excluding carboxylic acids is 4. The SMILES string of the molecule is CCCCCCCCCCCCCC(=O)O[C@H](COC(=O)CCCCCCCCCCCC)COP(=O)(O)OC[C@H](O)COP(=O)(O)OC[C@@H](COC(=O)CCCCCCCCCCC(C)C)OC(=O)CCCCCCCCCCCCCCCC(C)C. The molecule has 2 unspecified atom stereocenters. The van der Waals surface area contributed by atoms with Crippen LogP contribution < -0.4 is 0 Å². The van der Waals surface area contributed by atoms with Crippen LogP contribution in [0.2, 0.25) is 0 Å². The van der Waals surface area contributed by atoms with Crippen LogP contribution in [0, 0.1) is 11.8 Å². The van der Waals surface area contributed by atoms with Crippen LogP contribution in [0.4, 0.5) is 0 Å². The first kappa shape index (κ1) is 86.1. The van der Waals surface area contributed by atoms with E-state index in [2.05, 4.69) is 41.5 Å². The van der Waals surface area contributed by atoms with E-state index >= 15 is 0 Å². The summed E-state index contributed by atoms with van der Waals surface area (Å²) in [6, 6.07) is 0. The number of phosphoric acid groups is 2. The molecular formula is C69H134O17P2. The van der Waals surface area contributed by atoms with Crippen molar-refractivity contribution < 1.29 is 80.2 Å². The molecule has 5 atom stereocenters. The van der Waals surface area contributed by atoms with Crippen LogP contribution in [0.3, 0.4) is 0 Å². The fourth-order valence-electron chi connectivity index (χ4n) is 10.4. The van der Waals surface area contributed by atoms with E-state index in [4.69, 9.17) is 37.0 Å². The molecule has 88 heavy (non-hydrogen) atoms. The minimum atomic E-state index is -4.95. The van der Waals surface area contributed by atoms with Crippen molar-refractivity contribution in [1.82, 2.24) is 0 Å². The van der Waals surface area contributed by atoms with E-state index in [1.54, 1.807) is 0 Å². The van der Waals surface area contributed by atoms with Crippen molar-refractivity contribution in [3.05, 3.63) is 0 Å². The van der Waals surface area contributed by atoms with Crippen molar-refractivity contribution >= 4 is 39.5 Å². The van der Waals surface area contributed by atoms with Gasteiger partial charge in [0.05, 0.1) is 26.4 Å². The maximum atomic E-state index is 13.0. The zero-order valence-corrected chi connectivity index (χ0v) is 58.8. The highest BCUT2D eigenvalue weighted by Crippen LogP contribution is 2.45. The van der Waals surface area contributed by atoms with Gasteiger partial charge in [-0.2, -0.15) is 0 Å². The van der Waals surface area contributed by atoms with Crippen molar-refractivity contribution in [3.63, 3.8) is 0 Å². The molecule has 0 heterocycles. The maximum absolute atomic E-state index is 13.0. The zero-order chi connectivity index (χ0) is 65.0. The standard InChI is InChI=1S/C69H134O17P2/c1-7-9-11-13-15-17-22-27-35-41-47-53-68(73)85-64(57-79-66(71)51-45-39-33-26-18-16-14-12-10-8-2)59-83-87(75,76)81-55-63(70)56-82-88(77,78)84-60-65(58-80-67(72)52-46-40-34-30-29-32-38-44-50-62(5)6)86-69(74)54-48-42-36-28-24-21-19-20-23-25-31-37-43-49-61(3)4/h61-65,70H,7-60H2,1-6H3,(H,75,76)(H,77,78)/t63-,64+,65+/m0/s1. The van der Waals surface area contributed by atoms with Crippen molar-refractivity contribution in [2.75, 3.05) is 39.6 Å². The number of hydrogen-bond acceptors (Lipinski definition) is 15. The van der Waals surface area contributed by atoms with Crippen molar-refractivity contribution in [1.29, 1.82) is 0 Å². The van der Waals surface area contributed by atoms with Crippen LogP contribution in [0.5, 0.6) is 0 Å². The number of carbonyl (C=O) groups is 4. The fourth-order valence-corrected chi connectivity index (χ4v) is 12.0. The molecule has 0 rings (SSSR count). The molecule has 0 aromatic heterocycles. The second-order valence-corrected chi connectivity index (χ2v) is 28.8. The molecule has 0 bridgehead atoms. The average molecular weight is 1300 g/mol. The van der Waals surface area contributed by atoms with Crippen molar-refractivity contribution in [2.45, 2.75) is 368 Å². The molecule has 0 amide bonds. The summed E-state index contributed by atoms with van der Waals surface area (Å²) < 4.78 is 68.2. The topological polar surface area (TPSA) is 237 Å². The maximum Gasteiger partial charge on any atom is 0.472 e. The lowest BCUT2D eigenvalue weighted by Gasteiger charge is -2.21. The predicted octanol–water partition coefficient (Wildman–Crippen LogP) is 19.6. The first-order valence-corrected chi connectivity index (χ1v) is 39.0. The van der Waals surface area contributed by atoms with E-state index < -0.39 is 97.5 Å². The molecule has 0 aliphatic carbocycles. The molecule has 0 aliphatic rings. The summed E-state index contributed by atoms with van der Waals surface area (Å²) in [5, 5.41) is 10.6. The lowest BCUT2D eigenvalue weighted by Crippen LogP contribution is -2.30. The minimum Gasteiger partial charge on any atom is -0.462 e. The van der Waals surface area contributed by atoms with Crippen LogP contribution in [0.15, 0.2) is 0 Å². The molecule has 0 radical (unpaired) electrons. The van der Waals surface area contributed by atoms with Gasteiger partial charge in [-0.1, -0.05) is 298 Å². The normalized spacial score (nSPS) is 14.2. The van der Waals surface area contributed by atoms with Gasteiger partial charge in [-0.25, -0.2) is 9.13 Å². The molecule has 522 valence electrons. The fraction of sp³-hybridized carbons (Fsp3) is 0.942. The number of aliphatic hydroxyl groups is 1. The van der Waals surface area contributed by atoms with Gasteiger partial charge in [-0.3, -0.25) is 37.3 Å². The molecule has 0 saturated carbocycles. The quantitative estimate of drug-likeness (QED) is 0.0222. The Bertz CT molecular complexity index is 1720. The highest BCUT2D eigenvalue weighted by atomic mass is 31.2. The van der Waals surface area contributed by atoms with E-state index in [1.165, 1.54) is 167 Å². The minimum absolute atomic E-state index is 0.107. The Hall–Kier alpha value is -1.94. The summed E-state index contributed by atoms with van der Waals surface area (Å²) in [7, 11) is -9.90. The first-order valence-electron chi connectivity index (χ1n) is 36.0. The highest BCUT2D eigenvalue weighted by molar-refractivity contribution is 7.47. The summed E-state index contributed by atoms with van der Waals surface area (Å²) in [5.74, 6) is -0.613. The van der Waals surface area contributed by atoms with Crippen LogP contribution in [-0.4, -0.2) is 96.7 Å². The average Bonchev–Trinajstić information content (AvgIpc) is 3.70. The third-order valence-electron chi connectivity index (χ3n) is 16.0. The van der Waals surface area contributed by atoms with Crippen LogP contribution in [0.25, 0.3) is 0 Å². The summed E-state index contributed by atoms with van der Waals surface area (Å²) >= 11 is 0.